The van der Waals surface area contributed by atoms with E-state index in [4.69, 9.17) is 0 Å². The van der Waals surface area contributed by atoms with E-state index in [2.05, 4.69) is 30.6 Å². The van der Waals surface area contributed by atoms with E-state index in [1.165, 1.54) is 0 Å². The molecule has 0 atom stereocenters. The Bertz CT molecular complexity index is 690. The number of hydrogen-bond acceptors (Lipinski definition) is 4. The highest BCUT2D eigenvalue weighted by atomic mass is 79.9. The molecule has 2 aromatic rings. The summed E-state index contributed by atoms with van der Waals surface area (Å²) in [7, 11) is -3.41. The van der Waals surface area contributed by atoms with Gasteiger partial charge < -0.3 is 0 Å². The molecule has 0 unspecified atom stereocenters. The van der Waals surface area contributed by atoms with E-state index in [9.17, 15) is 8.42 Å². The van der Waals surface area contributed by atoms with Gasteiger partial charge in [-0.3, -0.25) is 9.71 Å². The van der Waals surface area contributed by atoms with Crippen molar-refractivity contribution in [2.24, 2.45) is 0 Å². The van der Waals surface area contributed by atoms with E-state index < -0.39 is 10.0 Å². The van der Waals surface area contributed by atoms with Gasteiger partial charge in [0, 0.05) is 18.3 Å². The van der Waals surface area contributed by atoms with Gasteiger partial charge >= 0.3 is 0 Å². The van der Waals surface area contributed by atoms with Crippen LogP contribution in [0, 0.1) is 6.92 Å². The van der Waals surface area contributed by atoms with Gasteiger partial charge in [0.2, 0.25) is 10.0 Å². The number of aryl methyl sites for hydroxylation is 2. The van der Waals surface area contributed by atoms with Gasteiger partial charge in [-0.2, -0.15) is 0 Å². The van der Waals surface area contributed by atoms with Crippen LogP contribution in [-0.2, 0) is 16.4 Å². The first-order valence-electron chi connectivity index (χ1n) is 6.00. The molecule has 0 aliphatic carbocycles. The summed E-state index contributed by atoms with van der Waals surface area (Å²) in [6, 6.07) is 8.83. The Hall–Kier alpha value is -1.47. The molecule has 106 valence electrons. The van der Waals surface area contributed by atoms with E-state index >= 15 is 0 Å². The second kappa shape index (κ2) is 6.32. The second-order valence-electron chi connectivity index (χ2n) is 4.26. The van der Waals surface area contributed by atoms with Gasteiger partial charge in [0.05, 0.1) is 17.1 Å². The molecule has 1 N–H and O–H groups in total. The fraction of sp³-hybridized carbons (Fsp3) is 0.231. The number of pyridine rings is 2. The normalized spacial score (nSPS) is 11.3. The maximum Gasteiger partial charge on any atom is 0.233 e. The molecular formula is C13H14BrN3O2S. The summed E-state index contributed by atoms with van der Waals surface area (Å²) >= 11 is 3.24. The topological polar surface area (TPSA) is 72.0 Å². The zero-order valence-corrected chi connectivity index (χ0v) is 13.3. The molecule has 0 saturated carbocycles. The largest absolute Gasteiger partial charge is 0.282 e. The third-order valence-corrected chi connectivity index (χ3v) is 4.38. The van der Waals surface area contributed by atoms with Crippen LogP contribution in [-0.4, -0.2) is 24.1 Å². The number of anilines is 1. The van der Waals surface area contributed by atoms with Crippen LogP contribution in [0.1, 0.15) is 11.4 Å². The molecule has 0 aliphatic rings. The van der Waals surface area contributed by atoms with Gasteiger partial charge in [0.25, 0.3) is 0 Å². The lowest BCUT2D eigenvalue weighted by Crippen LogP contribution is -2.19. The Morgan fingerprint density at radius 3 is 2.70 bits per heavy atom. The zero-order valence-electron chi connectivity index (χ0n) is 10.9. The Morgan fingerprint density at radius 1 is 1.25 bits per heavy atom. The number of halogens is 1. The minimum absolute atomic E-state index is 0.0144. The smallest absolute Gasteiger partial charge is 0.233 e. The Kier molecular flexibility index (Phi) is 4.72. The van der Waals surface area contributed by atoms with Crippen LogP contribution in [0.5, 0.6) is 0 Å². The van der Waals surface area contributed by atoms with Crippen LogP contribution < -0.4 is 4.72 Å². The lowest BCUT2D eigenvalue weighted by Gasteiger charge is -2.10. The maximum absolute atomic E-state index is 12.0. The zero-order chi connectivity index (χ0) is 14.6. The second-order valence-corrected chi connectivity index (χ2v) is 6.91. The number of sulfonamides is 1. The van der Waals surface area contributed by atoms with E-state index in [1.54, 1.807) is 31.3 Å². The van der Waals surface area contributed by atoms with Crippen molar-refractivity contribution in [3.05, 3.63) is 52.5 Å². The Morgan fingerprint density at radius 2 is 2.05 bits per heavy atom. The average molecular weight is 356 g/mol. The Labute approximate surface area is 126 Å². The highest BCUT2D eigenvalue weighted by molar-refractivity contribution is 9.10. The number of rotatable bonds is 5. The van der Waals surface area contributed by atoms with E-state index in [0.717, 1.165) is 5.69 Å². The first kappa shape index (κ1) is 14.9. The molecule has 2 heterocycles. The number of aromatic nitrogens is 2. The first-order valence-corrected chi connectivity index (χ1v) is 8.44. The van der Waals surface area contributed by atoms with E-state index in [1.807, 2.05) is 12.1 Å². The third kappa shape index (κ3) is 4.28. The molecule has 20 heavy (non-hydrogen) atoms. The molecule has 0 aliphatic heterocycles. The monoisotopic (exact) mass is 355 g/mol. The maximum atomic E-state index is 12.0. The van der Waals surface area contributed by atoms with Crippen LogP contribution in [0.25, 0.3) is 0 Å². The highest BCUT2D eigenvalue weighted by Gasteiger charge is 2.13. The first-order chi connectivity index (χ1) is 9.46. The summed E-state index contributed by atoms with van der Waals surface area (Å²) < 4.78 is 27.3. The minimum atomic E-state index is -3.41. The predicted molar refractivity (Wildman–Crippen MR) is 82.0 cm³/mol. The van der Waals surface area contributed by atoms with Gasteiger partial charge in [0.15, 0.2) is 0 Å². The van der Waals surface area contributed by atoms with Gasteiger partial charge in [-0.25, -0.2) is 13.4 Å². The number of nitrogens with zero attached hydrogens (tertiary/aromatic N) is 2. The summed E-state index contributed by atoms with van der Waals surface area (Å²) in [5.41, 5.74) is 1.87. The van der Waals surface area contributed by atoms with Gasteiger partial charge in [-0.1, -0.05) is 6.07 Å². The minimum Gasteiger partial charge on any atom is -0.282 e. The molecule has 0 fully saturated rings. The van der Waals surface area contributed by atoms with Gasteiger partial charge in [-0.05, 0) is 47.1 Å². The molecule has 0 amide bonds. The molecule has 5 nitrogen and oxygen atoms in total. The van der Waals surface area contributed by atoms with E-state index in [0.29, 0.717) is 22.4 Å². The van der Waals surface area contributed by atoms with Crippen molar-refractivity contribution >= 4 is 31.6 Å². The average Bonchev–Trinajstić information content (AvgIpc) is 2.41. The van der Waals surface area contributed by atoms with Gasteiger partial charge in [-0.15, -0.1) is 0 Å². The number of hydrogen-bond donors (Lipinski definition) is 1. The molecule has 7 heteroatoms. The summed E-state index contributed by atoms with van der Waals surface area (Å²) in [5.74, 6) is -0.0144. The lowest BCUT2D eigenvalue weighted by atomic mass is 10.3. The van der Waals surface area contributed by atoms with Crippen LogP contribution in [0.4, 0.5) is 5.69 Å². The van der Waals surface area contributed by atoms with Gasteiger partial charge in [0.1, 0.15) is 4.60 Å². The molecule has 0 aromatic carbocycles. The summed E-state index contributed by atoms with van der Waals surface area (Å²) in [5, 5.41) is 0. The fourth-order valence-corrected chi connectivity index (χ4v) is 3.17. The number of nitrogens with one attached hydrogen (secondary N) is 1. The van der Waals surface area contributed by atoms with Crippen molar-refractivity contribution in [3.63, 3.8) is 0 Å². The summed E-state index contributed by atoms with van der Waals surface area (Å²) in [6.45, 7) is 1.75. The van der Waals surface area contributed by atoms with Crippen molar-refractivity contribution in [3.8, 4) is 0 Å². The third-order valence-electron chi connectivity index (χ3n) is 2.67. The van der Waals surface area contributed by atoms with Crippen LogP contribution in [0.2, 0.25) is 0 Å². The van der Waals surface area contributed by atoms with Crippen LogP contribution in [0.3, 0.4) is 0 Å². The Balaban J connectivity index is 2.04. The molecule has 0 spiro atoms. The van der Waals surface area contributed by atoms with Crippen molar-refractivity contribution in [2.75, 3.05) is 10.5 Å². The quantitative estimate of drug-likeness (QED) is 0.836. The summed E-state index contributed by atoms with van der Waals surface area (Å²) in [4.78, 5) is 8.26. The predicted octanol–water partition coefficient (Wildman–Crippen LogP) is 2.53. The summed E-state index contributed by atoms with van der Waals surface area (Å²) in [6.07, 6.45) is 2.03. The molecule has 0 radical (unpaired) electrons. The van der Waals surface area contributed by atoms with Crippen molar-refractivity contribution in [1.82, 2.24) is 9.97 Å². The lowest BCUT2D eigenvalue weighted by molar-refractivity contribution is 0.600. The van der Waals surface area contributed by atoms with E-state index in [-0.39, 0.29) is 5.75 Å². The molecule has 0 saturated heterocycles. The molecule has 2 aromatic heterocycles. The van der Waals surface area contributed by atoms with Crippen molar-refractivity contribution in [2.45, 2.75) is 13.3 Å². The van der Waals surface area contributed by atoms with Crippen molar-refractivity contribution < 1.29 is 8.42 Å². The highest BCUT2D eigenvalue weighted by Crippen LogP contribution is 2.17. The molecular weight excluding hydrogens is 342 g/mol. The van der Waals surface area contributed by atoms with Crippen molar-refractivity contribution in [1.29, 1.82) is 0 Å². The van der Waals surface area contributed by atoms with Crippen LogP contribution >= 0.6 is 15.9 Å². The van der Waals surface area contributed by atoms with Crippen LogP contribution in [0.15, 0.2) is 41.1 Å². The molecule has 0 bridgehead atoms. The molecule has 2 rings (SSSR count). The fourth-order valence-electron chi connectivity index (χ4n) is 1.64. The SMILES string of the molecule is Cc1nc(Br)ccc1NS(=O)(=O)CCc1ccccn1. The standard InChI is InChI=1S/C13H14BrN3O2S/c1-10-12(5-6-13(14)16-10)17-20(18,19)9-7-11-4-2-3-8-15-11/h2-6,8,17H,7,9H2,1H3.